The van der Waals surface area contributed by atoms with Crippen LogP contribution in [0.1, 0.15) is 12.0 Å². The van der Waals surface area contributed by atoms with Crippen LogP contribution in [0.25, 0.3) is 0 Å². The van der Waals surface area contributed by atoms with E-state index >= 15 is 0 Å². The number of benzene rings is 2. The number of rotatable bonds is 10. The quantitative estimate of drug-likeness (QED) is 0.456. The molecule has 1 amide bonds. The highest BCUT2D eigenvalue weighted by atomic mass is 16.4. The topological polar surface area (TPSA) is 102 Å². The first-order chi connectivity index (χ1) is 12.1. The van der Waals surface area contributed by atoms with Gasteiger partial charge in [0.1, 0.15) is 25.7 Å². The second-order valence-corrected chi connectivity index (χ2v) is 5.84. The molecule has 0 spiro atoms. The summed E-state index contributed by atoms with van der Waals surface area (Å²) in [5.41, 5.74) is 1.88. The van der Waals surface area contributed by atoms with Crippen molar-refractivity contribution in [3.63, 3.8) is 0 Å². The SMILES string of the molecule is O=C(C[C@@H]([NH2+]CC[NH2+]Cc1ccccc1)C(=O)[O-])Nc1ccccc1. The van der Waals surface area contributed by atoms with E-state index in [4.69, 9.17) is 0 Å². The number of carboxylic acid groups (broad SMARTS) is 1. The second-order valence-electron chi connectivity index (χ2n) is 5.84. The summed E-state index contributed by atoms with van der Waals surface area (Å²) in [6, 6.07) is 18.2. The minimum absolute atomic E-state index is 0.115. The fourth-order valence-corrected chi connectivity index (χ4v) is 2.49. The smallest absolute Gasteiger partial charge is 0.230 e. The van der Waals surface area contributed by atoms with Gasteiger partial charge in [0, 0.05) is 11.3 Å². The number of carbonyl (C=O) groups excluding carboxylic acids is 2. The highest BCUT2D eigenvalue weighted by molar-refractivity contribution is 5.93. The average molecular weight is 342 g/mol. The van der Waals surface area contributed by atoms with Gasteiger partial charge in [0.25, 0.3) is 0 Å². The Balaban J connectivity index is 1.69. The second kappa shape index (κ2) is 10.2. The Morgan fingerprint density at radius 2 is 1.60 bits per heavy atom. The molecule has 0 aliphatic carbocycles. The number of hydrogen-bond acceptors (Lipinski definition) is 3. The fraction of sp³-hybridized carbons (Fsp3) is 0.263. The number of hydrogen-bond donors (Lipinski definition) is 3. The molecule has 25 heavy (non-hydrogen) atoms. The maximum Gasteiger partial charge on any atom is 0.230 e. The summed E-state index contributed by atoms with van der Waals surface area (Å²) in [6.07, 6.45) is -0.115. The number of quaternary nitrogens is 2. The third-order valence-corrected chi connectivity index (χ3v) is 3.81. The van der Waals surface area contributed by atoms with Gasteiger partial charge < -0.3 is 25.9 Å². The van der Waals surface area contributed by atoms with Gasteiger partial charge in [-0.25, -0.2) is 0 Å². The molecule has 6 heteroatoms. The van der Waals surface area contributed by atoms with Crippen molar-refractivity contribution in [1.29, 1.82) is 0 Å². The number of para-hydroxylation sites is 1. The van der Waals surface area contributed by atoms with Crippen LogP contribution in [0.15, 0.2) is 60.7 Å². The summed E-state index contributed by atoms with van der Waals surface area (Å²) in [4.78, 5) is 23.2. The molecule has 1 atom stereocenters. The first kappa shape index (κ1) is 18.6. The Morgan fingerprint density at radius 3 is 2.24 bits per heavy atom. The normalized spacial score (nSPS) is 11.7. The van der Waals surface area contributed by atoms with Crippen molar-refractivity contribution in [2.75, 3.05) is 18.4 Å². The fourth-order valence-electron chi connectivity index (χ4n) is 2.49. The average Bonchev–Trinajstić information content (AvgIpc) is 2.62. The molecule has 2 aromatic carbocycles. The van der Waals surface area contributed by atoms with Crippen LogP contribution in [0, 0.1) is 0 Å². The predicted octanol–water partition coefficient (Wildman–Crippen LogP) is -1.54. The first-order valence-electron chi connectivity index (χ1n) is 8.40. The molecule has 0 aromatic heterocycles. The van der Waals surface area contributed by atoms with Crippen LogP contribution in [0.2, 0.25) is 0 Å². The van der Waals surface area contributed by atoms with Crippen LogP contribution in [0.5, 0.6) is 0 Å². The van der Waals surface area contributed by atoms with Gasteiger partial charge >= 0.3 is 0 Å². The van der Waals surface area contributed by atoms with E-state index in [1.807, 2.05) is 24.3 Å². The number of amides is 1. The minimum atomic E-state index is -1.22. The molecular weight excluding hydrogens is 318 g/mol. The largest absolute Gasteiger partial charge is 0.544 e. The third-order valence-electron chi connectivity index (χ3n) is 3.81. The summed E-state index contributed by atoms with van der Waals surface area (Å²) in [7, 11) is 0. The van der Waals surface area contributed by atoms with E-state index in [9.17, 15) is 14.7 Å². The van der Waals surface area contributed by atoms with Crippen molar-refractivity contribution in [2.45, 2.75) is 19.0 Å². The van der Waals surface area contributed by atoms with Gasteiger partial charge in [-0.05, 0) is 12.1 Å². The van der Waals surface area contributed by atoms with Crippen LogP contribution in [0.3, 0.4) is 0 Å². The van der Waals surface area contributed by atoms with Crippen LogP contribution in [-0.4, -0.2) is 31.0 Å². The van der Waals surface area contributed by atoms with Gasteiger partial charge in [-0.2, -0.15) is 0 Å². The predicted molar refractivity (Wildman–Crippen MR) is 92.2 cm³/mol. The maximum atomic E-state index is 12.0. The van der Waals surface area contributed by atoms with Crippen LogP contribution < -0.4 is 21.1 Å². The first-order valence-corrected chi connectivity index (χ1v) is 8.40. The summed E-state index contributed by atoms with van der Waals surface area (Å²) in [6.45, 7) is 2.21. The molecule has 0 fully saturated rings. The zero-order chi connectivity index (χ0) is 17.9. The lowest BCUT2D eigenvalue weighted by Gasteiger charge is -2.16. The molecular formula is C19H24N3O3+. The van der Waals surface area contributed by atoms with Gasteiger partial charge in [-0.1, -0.05) is 48.5 Å². The Hall–Kier alpha value is -2.70. The van der Waals surface area contributed by atoms with E-state index < -0.39 is 12.0 Å². The summed E-state index contributed by atoms with van der Waals surface area (Å²) < 4.78 is 0. The zero-order valence-electron chi connectivity index (χ0n) is 14.1. The highest BCUT2D eigenvalue weighted by Crippen LogP contribution is 2.05. The molecule has 0 aliphatic rings. The molecule has 5 N–H and O–H groups in total. The van der Waals surface area contributed by atoms with Gasteiger partial charge in [0.15, 0.2) is 0 Å². The Morgan fingerprint density at radius 1 is 0.960 bits per heavy atom. The van der Waals surface area contributed by atoms with Crippen LogP contribution >= 0.6 is 0 Å². The van der Waals surface area contributed by atoms with Crippen LogP contribution in [0.4, 0.5) is 5.69 Å². The number of carboxylic acids is 1. The van der Waals surface area contributed by atoms with E-state index in [0.29, 0.717) is 12.2 Å². The van der Waals surface area contributed by atoms with E-state index in [2.05, 4.69) is 22.8 Å². The minimum Gasteiger partial charge on any atom is -0.544 e. The molecule has 132 valence electrons. The van der Waals surface area contributed by atoms with Gasteiger partial charge in [-0.3, -0.25) is 4.79 Å². The monoisotopic (exact) mass is 342 g/mol. The molecule has 0 saturated carbocycles. The zero-order valence-corrected chi connectivity index (χ0v) is 14.1. The molecule has 6 nitrogen and oxygen atoms in total. The van der Waals surface area contributed by atoms with Gasteiger partial charge in [0.05, 0.1) is 12.4 Å². The molecule has 0 heterocycles. The van der Waals surface area contributed by atoms with E-state index in [0.717, 1.165) is 13.1 Å². The Labute approximate surface area is 147 Å². The highest BCUT2D eigenvalue weighted by Gasteiger charge is 2.18. The molecule has 0 radical (unpaired) electrons. The van der Waals surface area contributed by atoms with Crippen molar-refractivity contribution in [2.24, 2.45) is 0 Å². The molecule has 0 unspecified atom stereocenters. The maximum absolute atomic E-state index is 12.0. The number of anilines is 1. The Bertz CT molecular complexity index is 662. The number of aliphatic carboxylic acids is 1. The van der Waals surface area contributed by atoms with Crippen molar-refractivity contribution < 1.29 is 25.3 Å². The Kier molecular flexibility index (Phi) is 7.62. The third kappa shape index (κ3) is 7.15. The lowest BCUT2D eigenvalue weighted by molar-refractivity contribution is -0.742. The molecule has 2 rings (SSSR count). The van der Waals surface area contributed by atoms with Crippen LogP contribution in [-0.2, 0) is 16.1 Å². The van der Waals surface area contributed by atoms with Crippen molar-refractivity contribution >= 4 is 17.6 Å². The molecule has 0 saturated heterocycles. The van der Waals surface area contributed by atoms with Gasteiger partial charge in [-0.15, -0.1) is 0 Å². The molecule has 0 aliphatic heterocycles. The van der Waals surface area contributed by atoms with E-state index in [1.165, 1.54) is 5.56 Å². The number of nitrogens with one attached hydrogen (secondary N) is 1. The standard InChI is InChI=1S/C19H23N3O3/c23-18(22-16-9-5-2-6-10-16)13-17(19(24)25)21-12-11-20-14-15-7-3-1-4-8-15/h1-10,17,20-21H,11-14H2,(H,22,23)(H,24,25)/p+1/t17-/m1/s1. The molecule has 2 aromatic rings. The number of carbonyl (C=O) groups is 2. The lowest BCUT2D eigenvalue weighted by atomic mass is 10.2. The molecule has 0 bridgehead atoms. The van der Waals surface area contributed by atoms with Crippen molar-refractivity contribution in [1.82, 2.24) is 0 Å². The summed E-state index contributed by atoms with van der Waals surface area (Å²) >= 11 is 0. The summed E-state index contributed by atoms with van der Waals surface area (Å²) in [5, 5.41) is 17.7. The van der Waals surface area contributed by atoms with Crippen molar-refractivity contribution in [3.8, 4) is 0 Å². The van der Waals surface area contributed by atoms with Crippen molar-refractivity contribution in [3.05, 3.63) is 66.2 Å². The summed E-state index contributed by atoms with van der Waals surface area (Å²) in [5.74, 6) is -1.55. The van der Waals surface area contributed by atoms with E-state index in [1.54, 1.807) is 29.6 Å². The van der Waals surface area contributed by atoms with E-state index in [-0.39, 0.29) is 12.3 Å². The lowest BCUT2D eigenvalue weighted by Crippen LogP contribution is -2.99. The number of nitrogens with two attached hydrogens (primary N) is 2. The van der Waals surface area contributed by atoms with Gasteiger partial charge in [0.2, 0.25) is 5.91 Å².